The molecular formula is C16H25N3O2. The standard InChI is InChI=1S/C16H25N3O2/c1-11-7-12(17-2)5-6-15(11)16(21)19-10-14(20)8-13(19)9-18(3)4/h5-7,13-14,17,20H,8-10H2,1-4H3. The van der Waals surface area contributed by atoms with Gasteiger partial charge in [-0.25, -0.2) is 0 Å². The average Bonchev–Trinajstić information content (AvgIpc) is 2.77. The number of anilines is 1. The van der Waals surface area contributed by atoms with Crippen molar-refractivity contribution in [3.63, 3.8) is 0 Å². The molecule has 0 aromatic heterocycles. The van der Waals surface area contributed by atoms with Crippen molar-refractivity contribution in [3.8, 4) is 0 Å². The lowest BCUT2D eigenvalue weighted by atomic mass is 10.1. The van der Waals surface area contributed by atoms with Gasteiger partial charge in [-0.2, -0.15) is 0 Å². The number of carbonyl (C=O) groups excluding carboxylic acids is 1. The molecule has 1 aliphatic heterocycles. The first-order chi connectivity index (χ1) is 9.92. The van der Waals surface area contributed by atoms with Gasteiger partial charge in [-0.15, -0.1) is 0 Å². The van der Waals surface area contributed by atoms with E-state index in [9.17, 15) is 9.90 Å². The van der Waals surface area contributed by atoms with Crippen LogP contribution in [-0.2, 0) is 0 Å². The second-order valence-corrected chi connectivity index (χ2v) is 6.04. The van der Waals surface area contributed by atoms with Crippen LogP contribution in [0.2, 0.25) is 0 Å². The molecule has 1 aromatic rings. The number of aryl methyl sites for hydroxylation is 1. The number of carbonyl (C=O) groups is 1. The summed E-state index contributed by atoms with van der Waals surface area (Å²) in [7, 11) is 5.83. The van der Waals surface area contributed by atoms with Gasteiger partial charge in [-0.1, -0.05) is 0 Å². The summed E-state index contributed by atoms with van der Waals surface area (Å²) in [5.74, 6) is 0.0125. The van der Waals surface area contributed by atoms with Crippen molar-refractivity contribution in [1.29, 1.82) is 0 Å². The first-order valence-corrected chi connectivity index (χ1v) is 7.34. The molecule has 0 bridgehead atoms. The van der Waals surface area contributed by atoms with Crippen molar-refractivity contribution >= 4 is 11.6 Å². The van der Waals surface area contributed by atoms with Gasteiger partial charge in [-0.3, -0.25) is 4.79 Å². The Bertz CT molecular complexity index is 516. The second kappa shape index (κ2) is 6.45. The number of β-amino-alcohol motifs (C(OH)–C–C–N with tert-alkyl or cyclic N) is 1. The van der Waals surface area contributed by atoms with Crippen LogP contribution in [0.3, 0.4) is 0 Å². The molecule has 5 heteroatoms. The molecule has 2 N–H and O–H groups in total. The molecule has 1 aromatic carbocycles. The number of rotatable bonds is 4. The number of nitrogens with one attached hydrogen (secondary N) is 1. The number of benzene rings is 1. The van der Waals surface area contributed by atoms with Gasteiger partial charge in [0.2, 0.25) is 0 Å². The number of likely N-dealkylation sites (N-methyl/N-ethyl adjacent to an activating group) is 1. The lowest BCUT2D eigenvalue weighted by Gasteiger charge is -2.27. The number of hydrogen-bond donors (Lipinski definition) is 2. The van der Waals surface area contributed by atoms with Crippen LogP contribution in [-0.4, -0.2) is 67.2 Å². The fourth-order valence-electron chi connectivity index (χ4n) is 2.95. The maximum Gasteiger partial charge on any atom is 0.254 e. The van der Waals surface area contributed by atoms with E-state index in [1.54, 1.807) is 0 Å². The van der Waals surface area contributed by atoms with Crippen molar-refractivity contribution in [2.75, 3.05) is 39.5 Å². The monoisotopic (exact) mass is 291 g/mol. The van der Waals surface area contributed by atoms with Gasteiger partial charge in [0.05, 0.1) is 6.10 Å². The molecule has 0 radical (unpaired) electrons. The molecule has 1 saturated heterocycles. The van der Waals surface area contributed by atoms with E-state index in [1.807, 2.05) is 51.2 Å². The Morgan fingerprint density at radius 2 is 2.19 bits per heavy atom. The minimum absolute atomic E-state index is 0.0125. The predicted octanol–water partition coefficient (Wildman–Crippen LogP) is 1.17. The van der Waals surface area contributed by atoms with E-state index in [1.165, 1.54) is 0 Å². The third-order valence-corrected chi connectivity index (χ3v) is 3.97. The predicted molar refractivity (Wildman–Crippen MR) is 84.7 cm³/mol. The molecule has 0 saturated carbocycles. The molecular weight excluding hydrogens is 266 g/mol. The number of likely N-dealkylation sites (tertiary alicyclic amines) is 1. The van der Waals surface area contributed by atoms with Crippen molar-refractivity contribution in [2.45, 2.75) is 25.5 Å². The Labute approximate surface area is 126 Å². The van der Waals surface area contributed by atoms with Gasteiger partial charge >= 0.3 is 0 Å². The minimum Gasteiger partial charge on any atom is -0.391 e. The highest BCUT2D eigenvalue weighted by molar-refractivity contribution is 5.96. The molecule has 1 fully saturated rings. The van der Waals surface area contributed by atoms with Crippen LogP contribution in [0.5, 0.6) is 0 Å². The molecule has 2 unspecified atom stereocenters. The summed E-state index contributed by atoms with van der Waals surface area (Å²) in [4.78, 5) is 16.6. The van der Waals surface area contributed by atoms with Gasteiger partial charge in [-0.05, 0) is 51.2 Å². The topological polar surface area (TPSA) is 55.8 Å². The van der Waals surface area contributed by atoms with Gasteiger partial charge in [0.1, 0.15) is 0 Å². The average molecular weight is 291 g/mol. The molecule has 1 amide bonds. The largest absolute Gasteiger partial charge is 0.391 e. The Morgan fingerprint density at radius 1 is 1.48 bits per heavy atom. The highest BCUT2D eigenvalue weighted by Crippen LogP contribution is 2.23. The summed E-state index contributed by atoms with van der Waals surface area (Å²) in [5, 5.41) is 13.0. The summed E-state index contributed by atoms with van der Waals surface area (Å²) in [6.45, 7) is 3.14. The van der Waals surface area contributed by atoms with Crippen LogP contribution in [0.25, 0.3) is 0 Å². The van der Waals surface area contributed by atoms with Crippen LogP contribution < -0.4 is 5.32 Å². The second-order valence-electron chi connectivity index (χ2n) is 6.04. The van der Waals surface area contributed by atoms with Crippen molar-refractivity contribution in [3.05, 3.63) is 29.3 Å². The third-order valence-electron chi connectivity index (χ3n) is 3.97. The van der Waals surface area contributed by atoms with Crippen molar-refractivity contribution in [1.82, 2.24) is 9.80 Å². The summed E-state index contributed by atoms with van der Waals surface area (Å²) in [6, 6.07) is 5.82. The van der Waals surface area contributed by atoms with Crippen molar-refractivity contribution in [2.24, 2.45) is 0 Å². The summed E-state index contributed by atoms with van der Waals surface area (Å²) in [5.41, 5.74) is 2.67. The molecule has 5 nitrogen and oxygen atoms in total. The van der Waals surface area contributed by atoms with Crippen LogP contribution >= 0.6 is 0 Å². The summed E-state index contributed by atoms with van der Waals surface area (Å²) in [6.07, 6.45) is 0.230. The lowest BCUT2D eigenvalue weighted by molar-refractivity contribution is 0.0698. The molecule has 0 aliphatic carbocycles. The van der Waals surface area contributed by atoms with Gasteiger partial charge in [0, 0.05) is 37.4 Å². The van der Waals surface area contributed by atoms with E-state index < -0.39 is 6.10 Å². The fraction of sp³-hybridized carbons (Fsp3) is 0.562. The highest BCUT2D eigenvalue weighted by atomic mass is 16.3. The minimum atomic E-state index is -0.421. The Hall–Kier alpha value is -1.59. The lowest BCUT2D eigenvalue weighted by Crippen LogP contribution is -2.41. The van der Waals surface area contributed by atoms with E-state index in [-0.39, 0.29) is 11.9 Å². The zero-order valence-electron chi connectivity index (χ0n) is 13.3. The zero-order valence-corrected chi connectivity index (χ0v) is 13.3. The Morgan fingerprint density at radius 3 is 2.76 bits per heavy atom. The molecule has 21 heavy (non-hydrogen) atoms. The molecule has 0 spiro atoms. The van der Waals surface area contributed by atoms with Gasteiger partial charge < -0.3 is 20.2 Å². The first-order valence-electron chi connectivity index (χ1n) is 7.34. The number of nitrogens with zero attached hydrogens (tertiary/aromatic N) is 2. The fourth-order valence-corrected chi connectivity index (χ4v) is 2.95. The Kier molecular flexibility index (Phi) is 4.85. The summed E-state index contributed by atoms with van der Waals surface area (Å²) < 4.78 is 0. The zero-order chi connectivity index (χ0) is 15.6. The van der Waals surface area contributed by atoms with Crippen molar-refractivity contribution < 1.29 is 9.90 Å². The molecule has 2 rings (SSSR count). The third kappa shape index (κ3) is 3.54. The summed E-state index contributed by atoms with van der Waals surface area (Å²) >= 11 is 0. The van der Waals surface area contributed by atoms with Crippen LogP contribution in [0, 0.1) is 6.92 Å². The smallest absolute Gasteiger partial charge is 0.254 e. The van der Waals surface area contributed by atoms with Gasteiger partial charge in [0.15, 0.2) is 0 Å². The number of aliphatic hydroxyl groups excluding tert-OH is 1. The van der Waals surface area contributed by atoms with E-state index in [2.05, 4.69) is 10.2 Å². The SMILES string of the molecule is CNc1ccc(C(=O)N2CC(O)CC2CN(C)C)c(C)c1. The van der Waals surface area contributed by atoms with E-state index in [0.29, 0.717) is 18.5 Å². The first kappa shape index (κ1) is 15.8. The number of amides is 1. The normalized spacial score (nSPS) is 21.9. The highest BCUT2D eigenvalue weighted by Gasteiger charge is 2.35. The Balaban J connectivity index is 2.21. The van der Waals surface area contributed by atoms with E-state index >= 15 is 0 Å². The van der Waals surface area contributed by atoms with E-state index in [0.717, 1.165) is 17.8 Å². The number of hydrogen-bond acceptors (Lipinski definition) is 4. The molecule has 116 valence electrons. The van der Waals surface area contributed by atoms with Crippen LogP contribution in [0.1, 0.15) is 22.3 Å². The maximum absolute atomic E-state index is 12.8. The molecule has 1 aliphatic rings. The van der Waals surface area contributed by atoms with Crippen LogP contribution in [0.4, 0.5) is 5.69 Å². The van der Waals surface area contributed by atoms with Gasteiger partial charge in [0.25, 0.3) is 5.91 Å². The maximum atomic E-state index is 12.8. The molecule has 2 atom stereocenters. The van der Waals surface area contributed by atoms with E-state index in [4.69, 9.17) is 0 Å². The van der Waals surface area contributed by atoms with Crippen LogP contribution in [0.15, 0.2) is 18.2 Å². The number of aliphatic hydroxyl groups is 1. The quantitative estimate of drug-likeness (QED) is 0.874. The molecule has 1 heterocycles.